The Morgan fingerprint density at radius 3 is 2.31 bits per heavy atom. The average Bonchev–Trinajstić information content (AvgIpc) is 2.29. The van der Waals surface area contributed by atoms with Crippen molar-refractivity contribution in [1.82, 2.24) is 4.90 Å². The van der Waals surface area contributed by atoms with E-state index in [0.717, 1.165) is 0 Å². The molecule has 5 nitrogen and oxygen atoms in total. The van der Waals surface area contributed by atoms with E-state index in [1.807, 2.05) is 0 Å². The van der Waals surface area contributed by atoms with E-state index < -0.39 is 18.2 Å². The second kappa shape index (κ2) is 5.74. The third-order valence-corrected chi connectivity index (χ3v) is 2.25. The van der Waals surface area contributed by atoms with E-state index in [4.69, 9.17) is 10.2 Å². The van der Waals surface area contributed by atoms with Crippen molar-refractivity contribution in [2.24, 2.45) is 0 Å². The third-order valence-electron chi connectivity index (χ3n) is 2.25. The Bertz CT molecular complexity index is 148. The van der Waals surface area contributed by atoms with E-state index in [1.165, 1.54) is 0 Å². The minimum Gasteiger partial charge on any atom is -0.395 e. The molecule has 0 unspecified atom stereocenters. The molecule has 0 aromatic rings. The molecule has 0 spiro atoms. The van der Waals surface area contributed by atoms with Crippen LogP contribution in [0.1, 0.15) is 0 Å². The van der Waals surface area contributed by atoms with Gasteiger partial charge in [0.15, 0.2) is 0 Å². The molecule has 6 heteroatoms. The molecule has 0 bridgehead atoms. The maximum atomic E-state index is 9.32. The van der Waals surface area contributed by atoms with E-state index in [9.17, 15) is 10.2 Å². The lowest BCUT2D eigenvalue weighted by atomic mass is 10.1. The molecule has 1 aliphatic rings. The fraction of sp³-hybridized carbons (Fsp3) is 1.00. The first-order chi connectivity index (χ1) is 5.70. The Balaban J connectivity index is 0.00000144. The summed E-state index contributed by atoms with van der Waals surface area (Å²) >= 11 is 0. The number of hydrogen-bond acceptors (Lipinski definition) is 5. The maximum absolute atomic E-state index is 9.32. The summed E-state index contributed by atoms with van der Waals surface area (Å²) < 4.78 is 0. The molecule has 13 heavy (non-hydrogen) atoms. The van der Waals surface area contributed by atoms with Crippen LogP contribution in [0, 0.1) is 0 Å². The van der Waals surface area contributed by atoms with E-state index in [1.54, 1.807) is 4.90 Å². The molecule has 1 rings (SSSR count). The van der Waals surface area contributed by atoms with Gasteiger partial charge in [-0.25, -0.2) is 0 Å². The van der Waals surface area contributed by atoms with Gasteiger partial charge in [0.2, 0.25) is 0 Å². The van der Waals surface area contributed by atoms with Crippen LogP contribution in [-0.2, 0) is 0 Å². The van der Waals surface area contributed by atoms with Gasteiger partial charge in [0.25, 0.3) is 0 Å². The summed E-state index contributed by atoms with van der Waals surface area (Å²) in [5, 5.41) is 36.0. The number of hydrogen-bond donors (Lipinski definition) is 4. The molecule has 4 N–H and O–H groups in total. The lowest BCUT2D eigenvalue weighted by Crippen LogP contribution is -2.40. The smallest absolute Gasteiger partial charge is 0.0988 e. The summed E-state index contributed by atoms with van der Waals surface area (Å²) in [6.07, 6.45) is -1.71. The fourth-order valence-corrected chi connectivity index (χ4v) is 1.57. The number of β-amino-alcohol motifs (C(OH)–C–C–N with tert-alkyl or cyclic N) is 2. The Morgan fingerprint density at radius 2 is 1.85 bits per heavy atom. The van der Waals surface area contributed by atoms with Gasteiger partial charge >= 0.3 is 0 Å². The van der Waals surface area contributed by atoms with Gasteiger partial charge in [-0.1, -0.05) is 0 Å². The van der Waals surface area contributed by atoms with Gasteiger partial charge < -0.3 is 20.4 Å². The van der Waals surface area contributed by atoms with Crippen LogP contribution in [0.4, 0.5) is 0 Å². The minimum atomic E-state index is -0.901. The molecule has 0 aliphatic carbocycles. The zero-order valence-corrected chi connectivity index (χ0v) is 8.02. The zero-order valence-electron chi connectivity index (χ0n) is 7.20. The summed E-state index contributed by atoms with van der Waals surface area (Å²) in [4.78, 5) is 1.68. The number of nitrogens with zero attached hydrogens (tertiary/aromatic N) is 1. The van der Waals surface area contributed by atoms with Gasteiger partial charge in [0.1, 0.15) is 0 Å². The van der Waals surface area contributed by atoms with Crippen LogP contribution in [0.5, 0.6) is 0 Å². The van der Waals surface area contributed by atoms with Crippen molar-refractivity contribution in [3.63, 3.8) is 0 Å². The second-order valence-electron chi connectivity index (χ2n) is 3.03. The Labute approximate surface area is 83.0 Å². The predicted molar refractivity (Wildman–Crippen MR) is 48.8 cm³/mol. The molecular formula is C7H16ClNO4. The van der Waals surface area contributed by atoms with Crippen molar-refractivity contribution >= 4 is 12.4 Å². The predicted octanol–water partition coefficient (Wildman–Crippen LogP) is -2.20. The quantitative estimate of drug-likeness (QED) is 0.428. The van der Waals surface area contributed by atoms with E-state index in [0.29, 0.717) is 13.1 Å². The fourth-order valence-electron chi connectivity index (χ4n) is 1.57. The number of aliphatic hydroxyl groups is 4. The summed E-state index contributed by atoms with van der Waals surface area (Å²) in [5.41, 5.74) is 0. The minimum absolute atomic E-state index is 0. The van der Waals surface area contributed by atoms with E-state index in [-0.39, 0.29) is 25.6 Å². The molecule has 3 atom stereocenters. The maximum Gasteiger partial charge on any atom is 0.0988 e. The Kier molecular flexibility index (Phi) is 5.78. The normalized spacial score (nSPS) is 34.6. The first kappa shape index (κ1) is 13.1. The van der Waals surface area contributed by atoms with Crippen LogP contribution < -0.4 is 0 Å². The lowest BCUT2D eigenvalue weighted by Gasteiger charge is -2.22. The van der Waals surface area contributed by atoms with Crippen molar-refractivity contribution in [3.05, 3.63) is 0 Å². The van der Waals surface area contributed by atoms with Gasteiger partial charge in [0.05, 0.1) is 31.5 Å². The highest BCUT2D eigenvalue weighted by molar-refractivity contribution is 5.85. The molecule has 80 valence electrons. The van der Waals surface area contributed by atoms with Crippen molar-refractivity contribution in [2.75, 3.05) is 26.3 Å². The lowest BCUT2D eigenvalue weighted by molar-refractivity contribution is 0.0204. The topological polar surface area (TPSA) is 84.2 Å². The monoisotopic (exact) mass is 213 g/mol. The summed E-state index contributed by atoms with van der Waals surface area (Å²) in [6.45, 7) is 0.459. The molecule has 0 aromatic carbocycles. The van der Waals surface area contributed by atoms with Gasteiger partial charge in [-0.3, -0.25) is 4.90 Å². The van der Waals surface area contributed by atoms with Crippen LogP contribution in [0.3, 0.4) is 0 Å². The standard InChI is InChI=1S/C7H15NO4.ClH/c9-2-1-8-3-6(11)7(12)5(8)4-10;/h5-7,9-12H,1-4H2;1H/t5-,6-,7-;/m1./s1. The van der Waals surface area contributed by atoms with Gasteiger partial charge in [-0.2, -0.15) is 0 Å². The van der Waals surface area contributed by atoms with Crippen molar-refractivity contribution in [2.45, 2.75) is 18.2 Å². The highest BCUT2D eigenvalue weighted by Crippen LogP contribution is 2.17. The molecule has 1 heterocycles. The molecule has 0 amide bonds. The first-order valence-electron chi connectivity index (χ1n) is 4.02. The molecular weight excluding hydrogens is 198 g/mol. The number of aliphatic hydroxyl groups excluding tert-OH is 4. The first-order valence-corrected chi connectivity index (χ1v) is 4.02. The van der Waals surface area contributed by atoms with E-state index in [2.05, 4.69) is 0 Å². The van der Waals surface area contributed by atoms with Crippen LogP contribution in [0.25, 0.3) is 0 Å². The van der Waals surface area contributed by atoms with Crippen LogP contribution >= 0.6 is 12.4 Å². The van der Waals surface area contributed by atoms with E-state index >= 15 is 0 Å². The summed E-state index contributed by atoms with van der Waals surface area (Å²) in [7, 11) is 0. The zero-order chi connectivity index (χ0) is 9.14. The Hall–Kier alpha value is 0.0900. The van der Waals surface area contributed by atoms with Crippen LogP contribution in [0.2, 0.25) is 0 Å². The molecule has 1 fully saturated rings. The van der Waals surface area contributed by atoms with Crippen molar-refractivity contribution in [1.29, 1.82) is 0 Å². The molecule has 0 radical (unpaired) electrons. The van der Waals surface area contributed by atoms with Crippen molar-refractivity contribution in [3.8, 4) is 0 Å². The van der Waals surface area contributed by atoms with Gasteiger partial charge in [-0.05, 0) is 0 Å². The highest BCUT2D eigenvalue weighted by atomic mass is 35.5. The summed E-state index contributed by atoms with van der Waals surface area (Å²) in [5.74, 6) is 0. The van der Waals surface area contributed by atoms with Gasteiger partial charge in [0, 0.05) is 13.1 Å². The molecule has 0 saturated carbocycles. The third kappa shape index (κ3) is 2.77. The SMILES string of the molecule is Cl.OCCN1C[C@@H](O)[C@H](O)[C@H]1CO. The second-order valence-corrected chi connectivity index (χ2v) is 3.03. The largest absolute Gasteiger partial charge is 0.395 e. The van der Waals surface area contributed by atoms with Crippen LogP contribution in [0.15, 0.2) is 0 Å². The number of rotatable bonds is 3. The highest BCUT2D eigenvalue weighted by Gasteiger charge is 2.38. The summed E-state index contributed by atoms with van der Waals surface area (Å²) in [6, 6.07) is -0.438. The molecule has 0 aromatic heterocycles. The average molecular weight is 214 g/mol. The van der Waals surface area contributed by atoms with Crippen LogP contribution in [-0.4, -0.2) is 69.9 Å². The number of likely N-dealkylation sites (tertiary alicyclic amines) is 1. The van der Waals surface area contributed by atoms with Crippen molar-refractivity contribution < 1.29 is 20.4 Å². The number of halogens is 1. The molecule has 1 aliphatic heterocycles. The molecule has 1 saturated heterocycles. The Morgan fingerprint density at radius 1 is 1.23 bits per heavy atom. The van der Waals surface area contributed by atoms with Gasteiger partial charge in [-0.15, -0.1) is 12.4 Å².